The first-order valence-electron chi connectivity index (χ1n) is 6.06. The quantitative estimate of drug-likeness (QED) is 0.837. The van der Waals surface area contributed by atoms with E-state index in [1.165, 1.54) is 13.2 Å². The molecule has 1 aromatic carbocycles. The third-order valence-electron chi connectivity index (χ3n) is 3.10. The van der Waals surface area contributed by atoms with Crippen molar-refractivity contribution in [1.82, 2.24) is 0 Å². The number of methoxy groups -OCH3 is 1. The van der Waals surface area contributed by atoms with Gasteiger partial charge in [-0.15, -0.1) is 0 Å². The van der Waals surface area contributed by atoms with Crippen LogP contribution in [0.3, 0.4) is 0 Å². The monoisotopic (exact) mass is 276 g/mol. The largest absolute Gasteiger partial charge is 0.496 e. The molecule has 0 radical (unpaired) electrons. The van der Waals surface area contributed by atoms with Crippen molar-refractivity contribution < 1.29 is 17.9 Å². The van der Waals surface area contributed by atoms with E-state index in [0.29, 0.717) is 37.2 Å². The first kappa shape index (κ1) is 15.8. The van der Waals surface area contributed by atoms with Crippen molar-refractivity contribution >= 4 is 0 Å². The molecule has 0 aromatic heterocycles. The van der Waals surface area contributed by atoms with Crippen LogP contribution in [0.25, 0.3) is 0 Å². The van der Waals surface area contributed by atoms with Gasteiger partial charge in [0.25, 0.3) is 0 Å². The molecule has 0 aliphatic heterocycles. The van der Waals surface area contributed by atoms with E-state index in [9.17, 15) is 13.2 Å². The molecule has 1 aromatic rings. The minimum absolute atomic E-state index is 0.110. The van der Waals surface area contributed by atoms with Gasteiger partial charge in [0, 0.05) is 0 Å². The number of ether oxygens (including phenoxy) is 1. The molecule has 4 N–H and O–H groups in total. The van der Waals surface area contributed by atoms with Crippen LogP contribution in [0.15, 0.2) is 18.2 Å². The standard InChI is InChI=1S/C13H19F3N2O/c1-19-12-5-4-11(13(14,15)16)6-10(12)3-2-9(7-17)8-18/h4-6,9H,2-3,7-8,17-18H2,1H3. The Morgan fingerprint density at radius 3 is 2.32 bits per heavy atom. The number of hydrogen-bond donors (Lipinski definition) is 2. The summed E-state index contributed by atoms with van der Waals surface area (Å²) in [7, 11) is 1.44. The predicted octanol–water partition coefficient (Wildman–Crippen LogP) is 2.18. The van der Waals surface area contributed by atoms with E-state index in [-0.39, 0.29) is 5.92 Å². The highest BCUT2D eigenvalue weighted by Gasteiger charge is 2.31. The molecule has 0 fully saturated rings. The molecular weight excluding hydrogens is 257 g/mol. The molecular formula is C13H19F3N2O. The van der Waals surface area contributed by atoms with Crippen molar-refractivity contribution in [1.29, 1.82) is 0 Å². The van der Waals surface area contributed by atoms with Crippen LogP contribution in [0, 0.1) is 5.92 Å². The second-order valence-corrected chi connectivity index (χ2v) is 4.40. The number of aryl methyl sites for hydroxylation is 1. The van der Waals surface area contributed by atoms with E-state index >= 15 is 0 Å². The maximum Gasteiger partial charge on any atom is 0.416 e. The van der Waals surface area contributed by atoms with Crippen LogP contribution in [0.4, 0.5) is 13.2 Å². The Balaban J connectivity index is 2.90. The molecule has 0 bridgehead atoms. The summed E-state index contributed by atoms with van der Waals surface area (Å²) in [4.78, 5) is 0. The van der Waals surface area contributed by atoms with E-state index in [4.69, 9.17) is 16.2 Å². The predicted molar refractivity (Wildman–Crippen MR) is 67.9 cm³/mol. The summed E-state index contributed by atoms with van der Waals surface area (Å²) in [5.74, 6) is 0.569. The zero-order valence-electron chi connectivity index (χ0n) is 10.8. The molecule has 0 spiro atoms. The summed E-state index contributed by atoms with van der Waals surface area (Å²) >= 11 is 0. The second-order valence-electron chi connectivity index (χ2n) is 4.40. The summed E-state index contributed by atoms with van der Waals surface area (Å²) < 4.78 is 43.0. The topological polar surface area (TPSA) is 61.3 Å². The molecule has 108 valence electrons. The van der Waals surface area contributed by atoms with E-state index < -0.39 is 11.7 Å². The van der Waals surface area contributed by atoms with E-state index in [1.54, 1.807) is 0 Å². The van der Waals surface area contributed by atoms with Crippen molar-refractivity contribution in [3.05, 3.63) is 29.3 Å². The molecule has 0 saturated heterocycles. The molecule has 0 unspecified atom stereocenters. The van der Waals surface area contributed by atoms with Crippen molar-refractivity contribution in [3.8, 4) is 5.75 Å². The van der Waals surface area contributed by atoms with Crippen LogP contribution < -0.4 is 16.2 Å². The van der Waals surface area contributed by atoms with Crippen molar-refractivity contribution in [2.45, 2.75) is 19.0 Å². The van der Waals surface area contributed by atoms with Crippen LogP contribution in [0.2, 0.25) is 0 Å². The third kappa shape index (κ3) is 4.40. The normalized spacial score (nSPS) is 11.9. The minimum Gasteiger partial charge on any atom is -0.496 e. The fraction of sp³-hybridized carbons (Fsp3) is 0.538. The van der Waals surface area contributed by atoms with Gasteiger partial charge in [0.2, 0.25) is 0 Å². The van der Waals surface area contributed by atoms with Gasteiger partial charge in [0.05, 0.1) is 12.7 Å². The molecule has 19 heavy (non-hydrogen) atoms. The number of benzene rings is 1. The Morgan fingerprint density at radius 2 is 1.84 bits per heavy atom. The van der Waals surface area contributed by atoms with Gasteiger partial charge < -0.3 is 16.2 Å². The lowest BCUT2D eigenvalue weighted by molar-refractivity contribution is -0.137. The van der Waals surface area contributed by atoms with Gasteiger partial charge in [0.1, 0.15) is 5.75 Å². The molecule has 0 aliphatic carbocycles. The Morgan fingerprint density at radius 1 is 1.21 bits per heavy atom. The van der Waals surface area contributed by atoms with Gasteiger partial charge in [0.15, 0.2) is 0 Å². The van der Waals surface area contributed by atoms with Crippen LogP contribution in [0.5, 0.6) is 5.75 Å². The Bertz CT molecular complexity index is 403. The highest BCUT2D eigenvalue weighted by molar-refractivity contribution is 5.38. The van der Waals surface area contributed by atoms with Gasteiger partial charge in [-0.3, -0.25) is 0 Å². The maximum absolute atomic E-state index is 12.7. The molecule has 3 nitrogen and oxygen atoms in total. The first-order valence-corrected chi connectivity index (χ1v) is 6.06. The van der Waals surface area contributed by atoms with Crippen molar-refractivity contribution in [2.24, 2.45) is 17.4 Å². The summed E-state index contributed by atoms with van der Waals surface area (Å²) in [6, 6.07) is 3.49. The first-order chi connectivity index (χ1) is 8.92. The van der Waals surface area contributed by atoms with Gasteiger partial charge in [-0.25, -0.2) is 0 Å². The second kappa shape index (κ2) is 6.77. The van der Waals surface area contributed by atoms with Crippen LogP contribution in [-0.2, 0) is 12.6 Å². The highest BCUT2D eigenvalue weighted by Crippen LogP contribution is 2.33. The van der Waals surface area contributed by atoms with Gasteiger partial charge >= 0.3 is 6.18 Å². The molecule has 0 aliphatic rings. The highest BCUT2D eigenvalue weighted by atomic mass is 19.4. The third-order valence-corrected chi connectivity index (χ3v) is 3.10. The Labute approximate surface area is 110 Å². The number of nitrogens with two attached hydrogens (primary N) is 2. The zero-order valence-corrected chi connectivity index (χ0v) is 10.8. The van der Waals surface area contributed by atoms with E-state index in [0.717, 1.165) is 12.1 Å². The lowest BCUT2D eigenvalue weighted by atomic mass is 9.97. The van der Waals surface area contributed by atoms with E-state index in [1.807, 2.05) is 0 Å². The summed E-state index contributed by atoms with van der Waals surface area (Å²) in [5.41, 5.74) is 10.9. The van der Waals surface area contributed by atoms with Gasteiger partial charge in [-0.05, 0) is 55.6 Å². The maximum atomic E-state index is 12.7. The summed E-state index contributed by atoms with van der Waals surface area (Å²) in [5, 5.41) is 0. The average Bonchev–Trinajstić information content (AvgIpc) is 2.38. The van der Waals surface area contributed by atoms with Crippen molar-refractivity contribution in [2.75, 3.05) is 20.2 Å². The molecule has 0 amide bonds. The fourth-order valence-electron chi connectivity index (χ4n) is 1.84. The lowest BCUT2D eigenvalue weighted by Crippen LogP contribution is -2.23. The molecule has 1 rings (SSSR count). The Kier molecular flexibility index (Phi) is 5.62. The smallest absolute Gasteiger partial charge is 0.416 e. The molecule has 6 heteroatoms. The zero-order chi connectivity index (χ0) is 14.5. The SMILES string of the molecule is COc1ccc(C(F)(F)F)cc1CCC(CN)CN. The molecule has 0 saturated carbocycles. The number of halogens is 3. The van der Waals surface area contributed by atoms with Crippen LogP contribution >= 0.6 is 0 Å². The Hall–Kier alpha value is -1.27. The van der Waals surface area contributed by atoms with E-state index in [2.05, 4.69) is 0 Å². The number of hydrogen-bond acceptors (Lipinski definition) is 3. The minimum atomic E-state index is -4.35. The lowest BCUT2D eigenvalue weighted by Gasteiger charge is -2.15. The van der Waals surface area contributed by atoms with Gasteiger partial charge in [-0.2, -0.15) is 13.2 Å². The van der Waals surface area contributed by atoms with Crippen molar-refractivity contribution in [3.63, 3.8) is 0 Å². The molecule has 0 atom stereocenters. The van der Waals surface area contributed by atoms with Crippen LogP contribution in [0.1, 0.15) is 17.5 Å². The summed E-state index contributed by atoms with van der Waals surface area (Å²) in [6.07, 6.45) is -3.24. The van der Waals surface area contributed by atoms with Crippen LogP contribution in [-0.4, -0.2) is 20.2 Å². The average molecular weight is 276 g/mol. The summed E-state index contributed by atoms with van der Waals surface area (Å²) in [6.45, 7) is 0.857. The number of alkyl halides is 3. The molecule has 0 heterocycles. The fourth-order valence-corrected chi connectivity index (χ4v) is 1.84. The van der Waals surface area contributed by atoms with Gasteiger partial charge in [-0.1, -0.05) is 0 Å². The number of rotatable bonds is 6.